The average Bonchev–Trinajstić information content (AvgIpc) is 3.13. The summed E-state index contributed by atoms with van der Waals surface area (Å²) in [7, 11) is 0. The second kappa shape index (κ2) is 6.19. The van der Waals surface area contributed by atoms with E-state index in [0.29, 0.717) is 0 Å². The minimum Gasteiger partial charge on any atom is -0.351 e. The molecular weight excluding hydrogens is 316 g/mol. The Bertz CT molecular complexity index is 854. The first-order chi connectivity index (χ1) is 12.7. The van der Waals surface area contributed by atoms with Gasteiger partial charge in [0.2, 0.25) is 0 Å². The van der Waals surface area contributed by atoms with Crippen LogP contribution in [0.3, 0.4) is 0 Å². The van der Waals surface area contributed by atoms with Crippen LogP contribution in [0, 0.1) is 12.3 Å². The van der Waals surface area contributed by atoms with Gasteiger partial charge in [-0.2, -0.15) is 0 Å². The van der Waals surface area contributed by atoms with Gasteiger partial charge in [0.25, 0.3) is 0 Å². The second-order valence-electron chi connectivity index (χ2n) is 8.70. The van der Waals surface area contributed by atoms with Gasteiger partial charge in [-0.3, -0.25) is 0 Å². The van der Waals surface area contributed by atoms with Gasteiger partial charge in [-0.15, -0.1) is 0 Å². The number of para-hydroxylation sites is 1. The van der Waals surface area contributed by atoms with Crippen molar-refractivity contribution in [3.05, 3.63) is 78.0 Å². The van der Waals surface area contributed by atoms with Crippen molar-refractivity contribution in [2.75, 3.05) is 4.90 Å². The van der Waals surface area contributed by atoms with Gasteiger partial charge >= 0.3 is 0 Å². The third kappa shape index (κ3) is 2.63. The predicted molar refractivity (Wildman–Crippen MR) is 110 cm³/mol. The van der Waals surface area contributed by atoms with E-state index in [-0.39, 0.29) is 23.7 Å². The zero-order valence-electron chi connectivity index (χ0n) is 17.5. The van der Waals surface area contributed by atoms with E-state index in [2.05, 4.69) is 93.1 Å². The summed E-state index contributed by atoms with van der Waals surface area (Å²) in [4.78, 5) is 4.99. The maximum Gasteiger partial charge on any atom is 0.107 e. The molecule has 1 fully saturated rings. The second-order valence-corrected chi connectivity index (χ2v) is 8.70. The minimum absolute atomic E-state index is 0.0531. The van der Waals surface area contributed by atoms with Crippen LogP contribution >= 0.6 is 0 Å². The Morgan fingerprint density at radius 2 is 1.62 bits per heavy atom. The number of anilines is 1. The molecule has 0 aliphatic carbocycles. The molecule has 2 aliphatic rings. The Labute approximate surface area is 159 Å². The van der Waals surface area contributed by atoms with Gasteiger partial charge < -0.3 is 9.80 Å². The highest BCUT2D eigenvalue weighted by Crippen LogP contribution is 2.48. The summed E-state index contributed by atoms with van der Waals surface area (Å²) in [5.74, 6) is -0.735. The summed E-state index contributed by atoms with van der Waals surface area (Å²) >= 11 is 0. The number of rotatable bonds is 2. The molecule has 0 spiro atoms. The van der Waals surface area contributed by atoms with Crippen molar-refractivity contribution >= 4 is 5.69 Å². The summed E-state index contributed by atoms with van der Waals surface area (Å²) in [6.07, 6.45) is 4.48. The fourth-order valence-electron chi connectivity index (χ4n) is 4.75. The first kappa shape index (κ1) is 16.0. The monoisotopic (exact) mass is 347 g/mol. The van der Waals surface area contributed by atoms with Crippen molar-refractivity contribution in [2.45, 2.75) is 58.8 Å². The molecular formula is C24H30N2. The molecule has 2 nitrogen and oxygen atoms in total. The van der Waals surface area contributed by atoms with Crippen LogP contribution in [0.4, 0.5) is 5.69 Å². The standard InChI is InChI=1S/C24H30N2/c1-17-11-9-10-14-21(17)26-18(2)22-20(19-12-7-6-8-13-19)15-16-25(22)23(26)24(3,4)5/h6-16,18,20,22-23H,1-5H3/t18-,20?,22?,23?/m0/s1/i20D. The van der Waals surface area contributed by atoms with Gasteiger partial charge in [-0.25, -0.2) is 0 Å². The first-order valence-electron chi connectivity index (χ1n) is 10.1. The highest BCUT2D eigenvalue weighted by Gasteiger charge is 2.52. The van der Waals surface area contributed by atoms with Crippen LogP contribution in [0.15, 0.2) is 66.9 Å². The molecule has 4 rings (SSSR count). The molecule has 2 aromatic carbocycles. The van der Waals surface area contributed by atoms with E-state index in [1.54, 1.807) is 0 Å². The van der Waals surface area contributed by atoms with Crippen molar-refractivity contribution in [2.24, 2.45) is 5.41 Å². The molecule has 0 N–H and O–H groups in total. The SMILES string of the molecule is [2H]C1(c2ccccc2)C=CN2C(C(C)(C)C)N(c3ccccc3C)[C@@H](C)C21. The normalized spacial score (nSPS) is 31.3. The van der Waals surface area contributed by atoms with Gasteiger partial charge in [0.05, 0.1) is 6.04 Å². The topological polar surface area (TPSA) is 6.48 Å². The largest absolute Gasteiger partial charge is 0.351 e. The summed E-state index contributed by atoms with van der Waals surface area (Å²) in [6.45, 7) is 11.4. The lowest BCUT2D eigenvalue weighted by Crippen LogP contribution is -2.47. The van der Waals surface area contributed by atoms with E-state index in [0.717, 1.165) is 5.56 Å². The molecule has 0 saturated carbocycles. The maximum absolute atomic E-state index is 9.43. The molecule has 2 aliphatic heterocycles. The number of aryl methyl sites for hydroxylation is 1. The number of hydrogen-bond acceptors (Lipinski definition) is 2. The molecule has 0 amide bonds. The lowest BCUT2D eigenvalue weighted by atomic mass is 9.89. The Morgan fingerprint density at radius 1 is 0.962 bits per heavy atom. The maximum atomic E-state index is 9.43. The van der Waals surface area contributed by atoms with Crippen LogP contribution in [0.2, 0.25) is 0 Å². The number of hydrogen-bond donors (Lipinski definition) is 0. The third-order valence-electron chi connectivity index (χ3n) is 5.78. The molecule has 26 heavy (non-hydrogen) atoms. The number of benzene rings is 2. The van der Waals surface area contributed by atoms with Crippen molar-refractivity contribution in [1.29, 1.82) is 0 Å². The van der Waals surface area contributed by atoms with Crippen LogP contribution in [-0.4, -0.2) is 23.1 Å². The van der Waals surface area contributed by atoms with Crippen molar-refractivity contribution in [3.8, 4) is 0 Å². The Balaban J connectivity index is 1.84. The summed E-state index contributed by atoms with van der Waals surface area (Å²) < 4.78 is 9.43. The van der Waals surface area contributed by atoms with Gasteiger partial charge in [0.1, 0.15) is 6.17 Å². The fraction of sp³-hybridized carbons (Fsp3) is 0.417. The number of fused-ring (bicyclic) bond motifs is 1. The van der Waals surface area contributed by atoms with Crippen molar-refractivity contribution in [1.82, 2.24) is 4.90 Å². The highest BCUT2D eigenvalue weighted by molar-refractivity contribution is 5.57. The van der Waals surface area contributed by atoms with Crippen LogP contribution in [0.1, 0.15) is 46.1 Å². The molecule has 0 bridgehead atoms. The first-order valence-corrected chi connectivity index (χ1v) is 9.61. The molecule has 2 heterocycles. The minimum atomic E-state index is -0.735. The summed E-state index contributed by atoms with van der Waals surface area (Å²) in [5.41, 5.74) is 3.69. The van der Waals surface area contributed by atoms with Crippen molar-refractivity contribution in [3.63, 3.8) is 0 Å². The lowest BCUT2D eigenvalue weighted by Gasteiger charge is -2.41. The van der Waals surface area contributed by atoms with Crippen LogP contribution < -0.4 is 4.90 Å². The fourth-order valence-corrected chi connectivity index (χ4v) is 4.75. The van der Waals surface area contributed by atoms with E-state index < -0.39 is 5.89 Å². The van der Waals surface area contributed by atoms with Crippen LogP contribution in [0.5, 0.6) is 0 Å². The predicted octanol–water partition coefficient (Wildman–Crippen LogP) is 5.56. The zero-order chi connectivity index (χ0) is 19.4. The average molecular weight is 348 g/mol. The molecule has 0 radical (unpaired) electrons. The van der Waals surface area contributed by atoms with Gasteiger partial charge in [0, 0.05) is 24.4 Å². The molecule has 3 unspecified atom stereocenters. The Morgan fingerprint density at radius 3 is 2.27 bits per heavy atom. The van der Waals surface area contributed by atoms with Crippen LogP contribution in [-0.2, 0) is 0 Å². The van der Waals surface area contributed by atoms with Gasteiger partial charge in [0.15, 0.2) is 0 Å². The van der Waals surface area contributed by atoms with E-state index in [1.165, 1.54) is 11.3 Å². The van der Waals surface area contributed by atoms with E-state index in [1.807, 2.05) is 18.2 Å². The third-order valence-corrected chi connectivity index (χ3v) is 5.78. The molecule has 0 aromatic heterocycles. The number of nitrogens with zero attached hydrogens (tertiary/aromatic N) is 2. The molecule has 2 heteroatoms. The van der Waals surface area contributed by atoms with E-state index >= 15 is 0 Å². The zero-order valence-corrected chi connectivity index (χ0v) is 16.5. The quantitative estimate of drug-likeness (QED) is 0.702. The smallest absolute Gasteiger partial charge is 0.107 e. The van der Waals surface area contributed by atoms with Crippen molar-refractivity contribution < 1.29 is 1.37 Å². The Hall–Kier alpha value is -2.22. The van der Waals surface area contributed by atoms with Crippen LogP contribution in [0.25, 0.3) is 0 Å². The molecule has 4 atom stereocenters. The van der Waals surface area contributed by atoms with Gasteiger partial charge in [-0.1, -0.05) is 75.4 Å². The van der Waals surface area contributed by atoms with E-state index in [4.69, 9.17) is 0 Å². The summed E-state index contributed by atoms with van der Waals surface area (Å²) in [6, 6.07) is 19.3. The van der Waals surface area contributed by atoms with Gasteiger partial charge in [-0.05, 0) is 37.2 Å². The molecule has 2 aromatic rings. The molecule has 1 saturated heterocycles. The lowest BCUT2D eigenvalue weighted by molar-refractivity contribution is 0.166. The Kier molecular flexibility index (Phi) is 3.81. The summed E-state index contributed by atoms with van der Waals surface area (Å²) in [5, 5.41) is 0. The highest BCUT2D eigenvalue weighted by atomic mass is 15.5. The van der Waals surface area contributed by atoms with E-state index in [9.17, 15) is 1.37 Å². The molecule has 136 valence electrons.